The van der Waals surface area contributed by atoms with Crippen molar-refractivity contribution in [3.05, 3.63) is 45.3 Å². The fourth-order valence-electron chi connectivity index (χ4n) is 3.70. The first-order chi connectivity index (χ1) is 14.9. The topological polar surface area (TPSA) is 52.3 Å². The van der Waals surface area contributed by atoms with Crippen molar-refractivity contribution in [1.29, 1.82) is 0 Å². The Kier molecular flexibility index (Phi) is 5.94. The zero-order valence-electron chi connectivity index (χ0n) is 17.6. The van der Waals surface area contributed by atoms with Gasteiger partial charge in [0.2, 0.25) is 0 Å². The molecule has 0 radical (unpaired) electrons. The number of aromatic nitrogens is 4. The van der Waals surface area contributed by atoms with Gasteiger partial charge in [-0.1, -0.05) is 54.2 Å². The lowest BCUT2D eigenvalue weighted by Crippen LogP contribution is -2.31. The van der Waals surface area contributed by atoms with Crippen molar-refractivity contribution in [3.63, 3.8) is 0 Å². The van der Waals surface area contributed by atoms with Gasteiger partial charge in [-0.15, -0.1) is 21.5 Å². The van der Waals surface area contributed by atoms with Gasteiger partial charge >= 0.3 is 0 Å². The smallest absolute Gasteiger partial charge is 0.198 e. The first kappa shape index (κ1) is 21.5. The van der Waals surface area contributed by atoms with Crippen LogP contribution in [0, 0.1) is 0 Å². The van der Waals surface area contributed by atoms with E-state index in [1.165, 1.54) is 16.0 Å². The third kappa shape index (κ3) is 4.20. The average molecular weight is 491 g/mol. The summed E-state index contributed by atoms with van der Waals surface area (Å²) in [5.74, 6) is 1.81. The number of ether oxygens (including phenoxy) is 1. The number of thiophene rings is 1. The highest BCUT2D eigenvalue weighted by atomic mass is 35.5. The SMILES string of the molecule is CCCSc1nc2sc3c(c2c2nnc(SCc4ccc(Cl)cc4)n12)CC(C)(C)OC3. The van der Waals surface area contributed by atoms with Crippen molar-refractivity contribution in [2.24, 2.45) is 0 Å². The molecular weight excluding hydrogens is 468 g/mol. The molecule has 0 fully saturated rings. The molecule has 5 rings (SSSR count). The van der Waals surface area contributed by atoms with Crippen LogP contribution in [0.1, 0.15) is 43.2 Å². The first-order valence-electron chi connectivity index (χ1n) is 10.3. The molecule has 4 heterocycles. The fraction of sp³-hybridized carbons (Fsp3) is 0.409. The molecule has 0 unspecified atom stereocenters. The molecule has 0 N–H and O–H groups in total. The minimum Gasteiger partial charge on any atom is -0.370 e. The molecule has 0 saturated carbocycles. The van der Waals surface area contributed by atoms with Crippen molar-refractivity contribution in [1.82, 2.24) is 19.6 Å². The molecule has 0 aliphatic carbocycles. The highest BCUT2D eigenvalue weighted by Gasteiger charge is 2.31. The molecule has 0 amide bonds. The third-order valence-electron chi connectivity index (χ3n) is 5.23. The second kappa shape index (κ2) is 8.56. The lowest BCUT2D eigenvalue weighted by Gasteiger charge is -2.30. The van der Waals surface area contributed by atoms with E-state index in [4.69, 9.17) is 21.3 Å². The van der Waals surface area contributed by atoms with Gasteiger partial charge in [0, 0.05) is 27.8 Å². The Morgan fingerprint density at radius 2 is 1.97 bits per heavy atom. The first-order valence-corrected chi connectivity index (χ1v) is 13.4. The van der Waals surface area contributed by atoms with Gasteiger partial charge in [0.25, 0.3) is 0 Å². The van der Waals surface area contributed by atoms with Gasteiger partial charge in [-0.25, -0.2) is 9.38 Å². The Labute approximate surface area is 198 Å². The van der Waals surface area contributed by atoms with E-state index in [0.717, 1.165) is 55.5 Å². The zero-order chi connectivity index (χ0) is 21.6. The van der Waals surface area contributed by atoms with Crippen LogP contribution < -0.4 is 0 Å². The Balaban J connectivity index is 1.61. The van der Waals surface area contributed by atoms with Crippen LogP contribution in [0.2, 0.25) is 5.02 Å². The number of hydrogen-bond acceptors (Lipinski definition) is 7. The maximum absolute atomic E-state index is 6.05. The number of halogens is 1. The van der Waals surface area contributed by atoms with Crippen LogP contribution in [0.15, 0.2) is 34.6 Å². The molecular formula is C22H23ClN4OS3. The van der Waals surface area contributed by atoms with Crippen molar-refractivity contribution in [2.45, 2.75) is 61.9 Å². The summed E-state index contributed by atoms with van der Waals surface area (Å²) in [6.07, 6.45) is 1.95. The minimum absolute atomic E-state index is 0.181. The summed E-state index contributed by atoms with van der Waals surface area (Å²) in [7, 11) is 0. The molecule has 0 atom stereocenters. The quantitative estimate of drug-likeness (QED) is 0.223. The molecule has 0 spiro atoms. The Morgan fingerprint density at radius 3 is 2.74 bits per heavy atom. The van der Waals surface area contributed by atoms with E-state index in [9.17, 15) is 0 Å². The molecule has 9 heteroatoms. The van der Waals surface area contributed by atoms with Crippen LogP contribution in [0.25, 0.3) is 15.9 Å². The minimum atomic E-state index is -0.181. The van der Waals surface area contributed by atoms with E-state index in [-0.39, 0.29) is 5.60 Å². The summed E-state index contributed by atoms with van der Waals surface area (Å²) in [5, 5.41) is 13.0. The molecule has 0 bridgehead atoms. The Hall–Kier alpha value is -1.32. The average Bonchev–Trinajstić information content (AvgIpc) is 3.31. The van der Waals surface area contributed by atoms with Crippen molar-refractivity contribution >= 4 is 62.3 Å². The largest absolute Gasteiger partial charge is 0.370 e. The van der Waals surface area contributed by atoms with Gasteiger partial charge in [-0.2, -0.15) is 0 Å². The van der Waals surface area contributed by atoms with E-state index in [1.54, 1.807) is 34.9 Å². The van der Waals surface area contributed by atoms with Gasteiger partial charge in [-0.05, 0) is 43.5 Å². The maximum Gasteiger partial charge on any atom is 0.198 e. The normalized spacial score (nSPS) is 15.6. The molecule has 1 aliphatic heterocycles. The van der Waals surface area contributed by atoms with Gasteiger partial charge in [0.15, 0.2) is 16.0 Å². The number of nitrogens with zero attached hydrogens (tertiary/aromatic N) is 4. The van der Waals surface area contributed by atoms with Crippen molar-refractivity contribution < 1.29 is 4.74 Å². The van der Waals surface area contributed by atoms with Crippen LogP contribution in [0.5, 0.6) is 0 Å². The summed E-state index contributed by atoms with van der Waals surface area (Å²) in [4.78, 5) is 7.38. The van der Waals surface area contributed by atoms with Gasteiger partial charge in [-0.3, -0.25) is 0 Å². The lowest BCUT2D eigenvalue weighted by molar-refractivity contribution is -0.0379. The Bertz CT molecular complexity index is 1250. The predicted molar refractivity (Wildman–Crippen MR) is 131 cm³/mol. The molecule has 162 valence electrons. The summed E-state index contributed by atoms with van der Waals surface area (Å²) in [6, 6.07) is 7.96. The molecule has 31 heavy (non-hydrogen) atoms. The molecule has 4 aromatic rings. The summed E-state index contributed by atoms with van der Waals surface area (Å²) in [6.45, 7) is 7.12. The third-order valence-corrected chi connectivity index (χ3v) is 8.73. The second-order valence-corrected chi connectivity index (χ2v) is 11.7. The number of fused-ring (bicyclic) bond motifs is 5. The standard InChI is InChI=1S/C22H23ClN4OS3/c1-4-9-29-20-24-19-17(15-10-22(2,3)28-11-16(15)31-19)18-25-26-21(27(18)20)30-12-13-5-7-14(23)8-6-13/h5-8H,4,9-12H2,1-3H3. The molecule has 0 saturated heterocycles. The number of benzene rings is 1. The highest BCUT2D eigenvalue weighted by Crippen LogP contribution is 2.41. The second-order valence-electron chi connectivity index (χ2n) is 8.21. The number of thioether (sulfide) groups is 2. The van der Waals surface area contributed by atoms with Crippen LogP contribution >= 0.6 is 46.5 Å². The van der Waals surface area contributed by atoms with Gasteiger partial charge in [0.1, 0.15) is 4.83 Å². The van der Waals surface area contributed by atoms with Crippen LogP contribution in [-0.4, -0.2) is 30.9 Å². The monoisotopic (exact) mass is 490 g/mol. The van der Waals surface area contributed by atoms with Crippen molar-refractivity contribution in [2.75, 3.05) is 5.75 Å². The van der Waals surface area contributed by atoms with Crippen LogP contribution in [0.4, 0.5) is 0 Å². The molecule has 3 aromatic heterocycles. The maximum atomic E-state index is 6.05. The van der Waals surface area contributed by atoms with Gasteiger partial charge in [0.05, 0.1) is 17.6 Å². The lowest BCUT2D eigenvalue weighted by atomic mass is 9.94. The fourth-order valence-corrected chi connectivity index (χ4v) is 6.77. The number of hydrogen-bond donors (Lipinski definition) is 0. The van der Waals surface area contributed by atoms with E-state index >= 15 is 0 Å². The van der Waals surface area contributed by atoms with E-state index in [2.05, 4.69) is 47.5 Å². The zero-order valence-corrected chi connectivity index (χ0v) is 20.9. The number of rotatable bonds is 6. The van der Waals surface area contributed by atoms with E-state index in [1.807, 2.05) is 12.1 Å². The highest BCUT2D eigenvalue weighted by molar-refractivity contribution is 7.99. The van der Waals surface area contributed by atoms with E-state index < -0.39 is 0 Å². The van der Waals surface area contributed by atoms with Gasteiger partial charge < -0.3 is 4.74 Å². The molecule has 1 aliphatic rings. The molecule has 5 nitrogen and oxygen atoms in total. The summed E-state index contributed by atoms with van der Waals surface area (Å²) < 4.78 is 8.20. The van der Waals surface area contributed by atoms with Crippen LogP contribution in [0.3, 0.4) is 0 Å². The summed E-state index contributed by atoms with van der Waals surface area (Å²) >= 11 is 11.2. The summed E-state index contributed by atoms with van der Waals surface area (Å²) in [5.41, 5.74) is 3.26. The van der Waals surface area contributed by atoms with Crippen molar-refractivity contribution in [3.8, 4) is 0 Å². The predicted octanol–water partition coefficient (Wildman–Crippen LogP) is 6.64. The molecule has 1 aromatic carbocycles. The van der Waals surface area contributed by atoms with E-state index in [0.29, 0.717) is 6.61 Å². The Morgan fingerprint density at radius 1 is 1.16 bits per heavy atom. The van der Waals surface area contributed by atoms with Crippen LogP contribution in [-0.2, 0) is 23.5 Å².